The Hall–Kier alpha value is -3.70. The molecule has 1 aromatic heterocycles. The van der Waals surface area contributed by atoms with Crippen LogP contribution in [0.1, 0.15) is 29.2 Å². The zero-order valence-corrected chi connectivity index (χ0v) is 21.8. The summed E-state index contributed by atoms with van der Waals surface area (Å²) in [7, 11) is 0. The van der Waals surface area contributed by atoms with Gasteiger partial charge in [-0.25, -0.2) is 29.3 Å². The molecule has 1 unspecified atom stereocenters. The van der Waals surface area contributed by atoms with Crippen LogP contribution in [0.25, 0.3) is 0 Å². The van der Waals surface area contributed by atoms with Crippen molar-refractivity contribution in [3.8, 4) is 5.75 Å². The third kappa shape index (κ3) is 6.95. The molecule has 7 heteroatoms. The molecule has 186 valence electrons. The summed E-state index contributed by atoms with van der Waals surface area (Å²) >= 11 is 5.93. The van der Waals surface area contributed by atoms with Crippen molar-refractivity contribution in [2.24, 2.45) is 5.10 Å². The first kappa shape index (κ1) is 26.4. The average molecular weight is 549 g/mol. The molecule has 0 aliphatic carbocycles. The molecule has 0 N–H and O–H groups in total. The van der Waals surface area contributed by atoms with Crippen molar-refractivity contribution in [2.75, 3.05) is 5.01 Å². The van der Waals surface area contributed by atoms with E-state index in [1.807, 2.05) is 83.9 Å². The molecule has 37 heavy (non-hydrogen) atoms. The predicted molar refractivity (Wildman–Crippen MR) is 145 cm³/mol. The van der Waals surface area contributed by atoms with E-state index in [-0.39, 0.29) is 23.1 Å². The van der Waals surface area contributed by atoms with Crippen LogP contribution in [0.15, 0.2) is 126 Å². The van der Waals surface area contributed by atoms with Crippen LogP contribution in [0.4, 0.5) is 5.82 Å². The number of ether oxygens (including phenoxy) is 1. The van der Waals surface area contributed by atoms with Crippen molar-refractivity contribution in [3.05, 3.63) is 143 Å². The maximum Gasteiger partial charge on any atom is 2.00 e. The van der Waals surface area contributed by atoms with Gasteiger partial charge in [-0.1, -0.05) is 54.1 Å². The molecule has 2 heterocycles. The molecule has 6 rings (SSSR count). The fraction of sp³-hybridized carbons (Fsp3) is 0.100. The van der Waals surface area contributed by atoms with Crippen molar-refractivity contribution in [1.29, 1.82) is 0 Å². The summed E-state index contributed by atoms with van der Waals surface area (Å²) in [5, 5.41) is 15.4. The van der Waals surface area contributed by atoms with Crippen molar-refractivity contribution in [1.82, 2.24) is 10.2 Å². The smallest absolute Gasteiger partial charge is 0.489 e. The van der Waals surface area contributed by atoms with E-state index in [1.165, 1.54) is 0 Å². The van der Waals surface area contributed by atoms with Gasteiger partial charge in [0.15, 0.2) is 11.0 Å². The molecule has 4 aromatic carbocycles. The number of halogens is 1. The van der Waals surface area contributed by atoms with Crippen LogP contribution in [-0.4, -0.2) is 15.9 Å². The molecule has 1 aliphatic rings. The maximum atomic E-state index is 5.94. The fourth-order valence-electron chi connectivity index (χ4n) is 4.00. The summed E-state index contributed by atoms with van der Waals surface area (Å²) in [5.74, 6) is 1.50. The molecule has 1 atom stereocenters. The van der Waals surface area contributed by atoms with Gasteiger partial charge in [-0.15, -0.1) is 15.8 Å². The number of nitrogens with zero attached hydrogens (tertiary/aromatic N) is 4. The first-order valence-electron chi connectivity index (χ1n) is 11.8. The fourth-order valence-corrected chi connectivity index (χ4v) is 4.10. The Morgan fingerprint density at radius 1 is 0.865 bits per heavy atom. The quantitative estimate of drug-likeness (QED) is 0.166. The van der Waals surface area contributed by atoms with Gasteiger partial charge in [0.1, 0.15) is 12.4 Å². The van der Waals surface area contributed by atoms with Crippen molar-refractivity contribution >= 4 is 23.1 Å². The summed E-state index contributed by atoms with van der Waals surface area (Å²) in [6.07, 6.45) is 0.776. The van der Waals surface area contributed by atoms with Crippen LogP contribution in [0, 0.1) is 0 Å². The van der Waals surface area contributed by atoms with Crippen LogP contribution in [0.5, 0.6) is 5.75 Å². The van der Waals surface area contributed by atoms with E-state index in [1.54, 1.807) is 6.07 Å². The summed E-state index contributed by atoms with van der Waals surface area (Å²) in [4.78, 5) is 0. The molecule has 0 fully saturated rings. The number of anilines is 1. The van der Waals surface area contributed by atoms with E-state index in [0.29, 0.717) is 17.6 Å². The van der Waals surface area contributed by atoms with Crippen LogP contribution >= 0.6 is 11.6 Å². The van der Waals surface area contributed by atoms with Crippen LogP contribution < -0.4 is 9.75 Å². The summed E-state index contributed by atoms with van der Waals surface area (Å²) in [6, 6.07) is 40.1. The zero-order chi connectivity index (χ0) is 24.6. The van der Waals surface area contributed by atoms with Gasteiger partial charge in [0, 0.05) is 12.1 Å². The molecule has 1 aliphatic heterocycles. The normalized spacial score (nSPS) is 14.2. The van der Waals surface area contributed by atoms with E-state index in [4.69, 9.17) is 21.4 Å². The van der Waals surface area contributed by atoms with Crippen LogP contribution in [-0.2, 0) is 23.7 Å². The number of hydrogen-bond acceptors (Lipinski definition) is 5. The van der Waals surface area contributed by atoms with E-state index in [0.717, 1.165) is 34.6 Å². The van der Waals surface area contributed by atoms with Gasteiger partial charge >= 0.3 is 17.1 Å². The number of benzene rings is 2. The Bertz CT molecular complexity index is 1340. The number of rotatable bonds is 6. The van der Waals surface area contributed by atoms with Crippen molar-refractivity contribution in [3.63, 3.8) is 0 Å². The monoisotopic (exact) mass is 548 g/mol. The van der Waals surface area contributed by atoms with Crippen LogP contribution in [0.2, 0.25) is 5.15 Å². The van der Waals surface area contributed by atoms with Gasteiger partial charge in [0.05, 0.1) is 6.04 Å². The minimum absolute atomic E-state index is 0. The minimum atomic E-state index is 0. The van der Waals surface area contributed by atoms with Gasteiger partial charge in [0.2, 0.25) is 0 Å². The summed E-state index contributed by atoms with van der Waals surface area (Å²) in [5.41, 5.74) is 4.42. The van der Waals surface area contributed by atoms with Crippen molar-refractivity contribution < 1.29 is 21.8 Å². The first-order valence-corrected chi connectivity index (χ1v) is 12.2. The number of aromatic nitrogens is 2. The molecule has 5 aromatic rings. The zero-order valence-electron chi connectivity index (χ0n) is 20.0. The number of hydrogen-bond donors (Lipinski definition) is 0. The van der Waals surface area contributed by atoms with Gasteiger partial charge in [-0.3, -0.25) is 0 Å². The SMILES string of the molecule is Clc1ccc(N2N=C([c-]3cccc3)CC2c2ccc(OCc3ccccc3)cc2)nn1.[Fe+2].c1cc[cH-]c1. The van der Waals surface area contributed by atoms with E-state index < -0.39 is 0 Å². The third-order valence-corrected chi connectivity index (χ3v) is 6.03. The maximum absolute atomic E-state index is 5.94. The topological polar surface area (TPSA) is 50.6 Å². The predicted octanol–water partition coefficient (Wildman–Crippen LogP) is 7.19. The Balaban J connectivity index is 0.000000479. The Kier molecular flexibility index (Phi) is 9.28. The largest absolute Gasteiger partial charge is 2.00 e. The summed E-state index contributed by atoms with van der Waals surface area (Å²) < 4.78 is 5.94. The van der Waals surface area contributed by atoms with E-state index in [2.05, 4.69) is 46.6 Å². The Morgan fingerprint density at radius 3 is 2.22 bits per heavy atom. The first-order chi connectivity index (χ1) is 17.8. The van der Waals surface area contributed by atoms with Gasteiger partial charge in [-0.2, -0.15) is 35.4 Å². The molecule has 0 saturated carbocycles. The second-order valence-electron chi connectivity index (χ2n) is 8.30. The minimum Gasteiger partial charge on any atom is -0.489 e. The molecule has 0 bridgehead atoms. The van der Waals surface area contributed by atoms with E-state index in [9.17, 15) is 0 Å². The Labute approximate surface area is 232 Å². The third-order valence-electron chi connectivity index (χ3n) is 5.83. The molecule has 5 nitrogen and oxygen atoms in total. The second-order valence-corrected chi connectivity index (χ2v) is 8.69. The van der Waals surface area contributed by atoms with Crippen LogP contribution in [0.3, 0.4) is 0 Å². The summed E-state index contributed by atoms with van der Waals surface area (Å²) in [6.45, 7) is 0.542. The number of hydrazone groups is 1. The average Bonchev–Trinajstić information content (AvgIpc) is 3.72. The second kappa shape index (κ2) is 13.0. The standard InChI is InChI=1S/C25H20ClN4O.C5H5.Fe/c26-24-14-15-25(28-27-24)30-23(16-22(29-30)19-8-4-5-9-19)20-10-12-21(13-11-20)31-17-18-6-2-1-3-7-18;1-2-4-5-3-1;/h1-15,23H,16-17H2;1-5H;/q2*-1;+2. The van der Waals surface area contributed by atoms with Gasteiger partial charge in [0.25, 0.3) is 0 Å². The molecule has 0 radical (unpaired) electrons. The molecular formula is C30H25ClFeN4O. The van der Waals surface area contributed by atoms with E-state index >= 15 is 0 Å². The van der Waals surface area contributed by atoms with Gasteiger partial charge < -0.3 is 4.74 Å². The van der Waals surface area contributed by atoms with Crippen molar-refractivity contribution in [2.45, 2.75) is 19.1 Å². The molecule has 0 saturated heterocycles. The molecule has 0 amide bonds. The van der Waals surface area contributed by atoms with Gasteiger partial charge in [-0.05, 0) is 35.4 Å². The molecule has 0 spiro atoms. The Morgan fingerprint density at radius 2 is 1.59 bits per heavy atom. The molecular weight excluding hydrogens is 524 g/mol.